The van der Waals surface area contributed by atoms with Crippen LogP contribution in [0, 0.1) is 0 Å². The predicted molar refractivity (Wildman–Crippen MR) is 155 cm³/mol. The summed E-state index contributed by atoms with van der Waals surface area (Å²) in [7, 11) is 0. The number of fused-ring (bicyclic) bond motifs is 1. The molecule has 0 fully saturated rings. The molecule has 41 heavy (non-hydrogen) atoms. The van der Waals surface area contributed by atoms with Gasteiger partial charge in [0.1, 0.15) is 22.6 Å². The zero-order valence-electron chi connectivity index (χ0n) is 23.9. The summed E-state index contributed by atoms with van der Waals surface area (Å²) >= 11 is 0. The number of rotatable bonds is 18. The van der Waals surface area contributed by atoms with Crippen LogP contribution in [0.5, 0.6) is 11.5 Å². The highest BCUT2D eigenvalue weighted by Gasteiger charge is 2.31. The number of alkyl halides is 3. The van der Waals surface area contributed by atoms with Crippen molar-refractivity contribution in [3.8, 4) is 11.5 Å². The van der Waals surface area contributed by atoms with Crippen LogP contribution in [0.2, 0.25) is 0 Å². The van der Waals surface area contributed by atoms with Crippen LogP contribution in [-0.2, 0) is 6.18 Å². The van der Waals surface area contributed by atoms with Crippen LogP contribution in [0.25, 0.3) is 11.0 Å². The molecule has 8 heteroatoms. The van der Waals surface area contributed by atoms with Gasteiger partial charge in [0.15, 0.2) is 0 Å². The molecule has 0 aliphatic carbocycles. The van der Waals surface area contributed by atoms with E-state index in [0.29, 0.717) is 12.4 Å². The second-order valence-electron chi connectivity index (χ2n) is 10.5. The average molecular weight is 575 g/mol. The highest BCUT2D eigenvalue weighted by atomic mass is 19.4. The maximum atomic E-state index is 12.9. The molecule has 1 aromatic heterocycles. The van der Waals surface area contributed by atoms with Gasteiger partial charge in [-0.05, 0) is 48.9 Å². The number of unbranched alkanes of at least 4 members (excludes halogenated alkanes) is 13. The number of carbonyl (C=O) groups excluding carboxylic acids is 1. The standard InChI is InChI=1S/C33H41F3O5/c1-2-3-4-5-6-7-8-9-10-11-12-13-14-15-22-39-27-18-20-28(21-19-27)40-31(37)29-23-25-16-17-26(33(34,35)36)24-30(25)41-32(29)38/h16-21,23-24H,2-15,22H2,1H3. The van der Waals surface area contributed by atoms with Gasteiger partial charge in [0.05, 0.1) is 12.2 Å². The number of esters is 1. The van der Waals surface area contributed by atoms with E-state index in [0.717, 1.165) is 37.1 Å². The van der Waals surface area contributed by atoms with E-state index in [1.54, 1.807) is 24.3 Å². The van der Waals surface area contributed by atoms with Crippen molar-refractivity contribution in [2.24, 2.45) is 0 Å². The van der Waals surface area contributed by atoms with Crippen molar-refractivity contribution in [1.82, 2.24) is 0 Å². The van der Waals surface area contributed by atoms with E-state index in [2.05, 4.69) is 6.92 Å². The number of carbonyl (C=O) groups is 1. The Hall–Kier alpha value is -3.29. The predicted octanol–water partition coefficient (Wildman–Crippen LogP) is 9.89. The van der Waals surface area contributed by atoms with Crippen molar-refractivity contribution in [3.63, 3.8) is 0 Å². The van der Waals surface area contributed by atoms with Gasteiger partial charge in [0, 0.05) is 5.39 Å². The fraction of sp³-hybridized carbons (Fsp3) is 0.515. The molecule has 0 aliphatic heterocycles. The second kappa shape index (κ2) is 16.8. The van der Waals surface area contributed by atoms with Gasteiger partial charge in [-0.15, -0.1) is 0 Å². The first-order chi connectivity index (χ1) is 19.8. The van der Waals surface area contributed by atoms with Crippen LogP contribution >= 0.6 is 0 Å². The lowest BCUT2D eigenvalue weighted by Crippen LogP contribution is -2.18. The van der Waals surface area contributed by atoms with Crippen LogP contribution in [0.3, 0.4) is 0 Å². The zero-order chi connectivity index (χ0) is 29.5. The van der Waals surface area contributed by atoms with Gasteiger partial charge in [-0.3, -0.25) is 0 Å². The van der Waals surface area contributed by atoms with E-state index in [4.69, 9.17) is 13.9 Å². The lowest BCUT2D eigenvalue weighted by molar-refractivity contribution is -0.137. The topological polar surface area (TPSA) is 65.7 Å². The normalized spacial score (nSPS) is 11.6. The molecule has 5 nitrogen and oxygen atoms in total. The first-order valence-electron chi connectivity index (χ1n) is 14.9. The number of hydrogen-bond acceptors (Lipinski definition) is 5. The molecule has 1 heterocycles. The minimum Gasteiger partial charge on any atom is -0.494 e. The zero-order valence-corrected chi connectivity index (χ0v) is 23.9. The van der Waals surface area contributed by atoms with E-state index in [1.807, 2.05) is 0 Å². The fourth-order valence-corrected chi connectivity index (χ4v) is 4.68. The molecule has 0 spiro atoms. The van der Waals surface area contributed by atoms with Crippen molar-refractivity contribution in [2.75, 3.05) is 6.61 Å². The molecule has 0 saturated carbocycles. The summed E-state index contributed by atoms with van der Waals surface area (Å²) in [6.45, 7) is 2.86. The van der Waals surface area contributed by atoms with Crippen molar-refractivity contribution < 1.29 is 31.9 Å². The van der Waals surface area contributed by atoms with E-state index in [1.165, 1.54) is 77.0 Å². The van der Waals surface area contributed by atoms with Crippen LogP contribution in [0.15, 0.2) is 57.7 Å². The lowest BCUT2D eigenvalue weighted by Gasteiger charge is -2.09. The summed E-state index contributed by atoms with van der Waals surface area (Å²) < 4.78 is 54.7. The third-order valence-corrected chi connectivity index (χ3v) is 7.08. The number of halogens is 3. The molecule has 3 rings (SSSR count). The fourth-order valence-electron chi connectivity index (χ4n) is 4.68. The minimum atomic E-state index is -4.58. The molecule has 2 aromatic carbocycles. The molecule has 3 aromatic rings. The number of hydrogen-bond donors (Lipinski definition) is 0. The van der Waals surface area contributed by atoms with Crippen LogP contribution in [0.4, 0.5) is 13.2 Å². The molecule has 0 bridgehead atoms. The minimum absolute atomic E-state index is 0.178. The van der Waals surface area contributed by atoms with Crippen molar-refractivity contribution in [1.29, 1.82) is 0 Å². The SMILES string of the molecule is CCCCCCCCCCCCCCCCOc1ccc(OC(=O)c2cc3ccc(C(F)(F)F)cc3oc2=O)cc1. The molecule has 0 atom stereocenters. The summed E-state index contributed by atoms with van der Waals surface area (Å²) in [5, 5.41) is 0.178. The summed E-state index contributed by atoms with van der Waals surface area (Å²) in [4.78, 5) is 24.8. The Morgan fingerprint density at radius 2 is 1.27 bits per heavy atom. The van der Waals surface area contributed by atoms with Gasteiger partial charge in [0.2, 0.25) is 0 Å². The molecule has 0 unspecified atom stereocenters. The van der Waals surface area contributed by atoms with Gasteiger partial charge in [0.25, 0.3) is 0 Å². The lowest BCUT2D eigenvalue weighted by atomic mass is 10.0. The van der Waals surface area contributed by atoms with E-state index in [-0.39, 0.29) is 16.7 Å². The van der Waals surface area contributed by atoms with Crippen molar-refractivity contribution >= 4 is 16.9 Å². The summed E-state index contributed by atoms with van der Waals surface area (Å²) in [6, 6.07) is 10.3. The molecule has 224 valence electrons. The monoisotopic (exact) mass is 574 g/mol. The highest BCUT2D eigenvalue weighted by Crippen LogP contribution is 2.31. The van der Waals surface area contributed by atoms with Gasteiger partial charge in [-0.25, -0.2) is 9.59 Å². The molecule has 0 radical (unpaired) electrons. The Kier molecular flexibility index (Phi) is 13.2. The van der Waals surface area contributed by atoms with Crippen molar-refractivity contribution in [3.05, 3.63) is 70.1 Å². The van der Waals surface area contributed by atoms with E-state index in [9.17, 15) is 22.8 Å². The Morgan fingerprint density at radius 3 is 1.83 bits per heavy atom. The van der Waals surface area contributed by atoms with Crippen LogP contribution < -0.4 is 15.1 Å². The molecule has 0 aliphatic rings. The van der Waals surface area contributed by atoms with E-state index >= 15 is 0 Å². The largest absolute Gasteiger partial charge is 0.494 e. The van der Waals surface area contributed by atoms with Crippen LogP contribution in [0.1, 0.15) is 113 Å². The van der Waals surface area contributed by atoms with Gasteiger partial charge >= 0.3 is 17.8 Å². The van der Waals surface area contributed by atoms with Crippen LogP contribution in [-0.4, -0.2) is 12.6 Å². The highest BCUT2D eigenvalue weighted by molar-refractivity contribution is 5.94. The van der Waals surface area contributed by atoms with E-state index < -0.39 is 28.9 Å². The smallest absolute Gasteiger partial charge is 0.416 e. The van der Waals surface area contributed by atoms with Gasteiger partial charge in [-0.1, -0.05) is 96.5 Å². The Morgan fingerprint density at radius 1 is 0.732 bits per heavy atom. The summed E-state index contributed by atoms with van der Waals surface area (Å²) in [5.74, 6) is -0.118. The number of benzene rings is 2. The molecule has 0 saturated heterocycles. The number of ether oxygens (including phenoxy) is 2. The molecular formula is C33H41F3O5. The summed E-state index contributed by atoms with van der Waals surface area (Å²) in [5.41, 5.74) is -2.69. The average Bonchev–Trinajstić information content (AvgIpc) is 2.94. The van der Waals surface area contributed by atoms with Crippen molar-refractivity contribution in [2.45, 2.75) is 103 Å². The Bertz CT molecular complexity index is 1260. The quantitative estimate of drug-likeness (QED) is 0.0655. The Labute approximate surface area is 240 Å². The first kappa shape index (κ1) is 32.2. The first-order valence-corrected chi connectivity index (χ1v) is 14.9. The van der Waals surface area contributed by atoms with Gasteiger partial charge in [-0.2, -0.15) is 13.2 Å². The molecule has 0 amide bonds. The third-order valence-electron chi connectivity index (χ3n) is 7.08. The maximum Gasteiger partial charge on any atom is 0.416 e. The Balaban J connectivity index is 1.31. The maximum absolute atomic E-state index is 12.9. The molecular weight excluding hydrogens is 533 g/mol. The summed E-state index contributed by atoms with van der Waals surface area (Å²) in [6.07, 6.45) is 13.6. The molecule has 0 N–H and O–H groups in total. The van der Waals surface area contributed by atoms with Gasteiger partial charge < -0.3 is 13.9 Å². The second-order valence-corrected chi connectivity index (χ2v) is 10.5. The third kappa shape index (κ3) is 11.2.